The number of tetrazole rings is 1. The monoisotopic (exact) mass is 379 g/mol. The predicted molar refractivity (Wildman–Crippen MR) is 103 cm³/mol. The Hall–Kier alpha value is -3.42. The molecule has 0 atom stereocenters. The number of anilines is 1. The Morgan fingerprint density at radius 3 is 2.61 bits per heavy atom. The van der Waals surface area contributed by atoms with Gasteiger partial charge in [-0.15, -0.1) is 10.2 Å². The number of nitrogens with zero attached hydrogens (tertiary/aromatic N) is 4. The summed E-state index contributed by atoms with van der Waals surface area (Å²) in [6, 6.07) is 13.3. The van der Waals surface area contributed by atoms with Crippen LogP contribution >= 0.6 is 0 Å². The molecule has 28 heavy (non-hydrogen) atoms. The molecule has 0 fully saturated rings. The predicted octanol–water partition coefficient (Wildman–Crippen LogP) is 2.87. The molecule has 2 heterocycles. The number of rotatable bonds is 5. The van der Waals surface area contributed by atoms with Crippen LogP contribution < -0.4 is 14.8 Å². The molecule has 0 spiro atoms. The van der Waals surface area contributed by atoms with Crippen LogP contribution in [0.2, 0.25) is 0 Å². The Morgan fingerprint density at radius 2 is 1.86 bits per heavy atom. The van der Waals surface area contributed by atoms with E-state index in [9.17, 15) is 4.79 Å². The molecule has 0 aliphatic carbocycles. The van der Waals surface area contributed by atoms with Gasteiger partial charge in [-0.25, -0.2) is 0 Å². The minimum absolute atomic E-state index is 0.0362. The second-order valence-electron chi connectivity index (χ2n) is 6.83. The zero-order valence-electron chi connectivity index (χ0n) is 15.8. The third-order valence-corrected chi connectivity index (χ3v) is 4.40. The highest BCUT2D eigenvalue weighted by molar-refractivity contribution is 5.90. The minimum Gasteiger partial charge on any atom is -0.486 e. The summed E-state index contributed by atoms with van der Waals surface area (Å²) in [5.74, 6) is 1.99. The summed E-state index contributed by atoms with van der Waals surface area (Å²) in [5.41, 5.74) is 2.73. The van der Waals surface area contributed by atoms with E-state index < -0.39 is 0 Å². The number of ether oxygens (including phenoxy) is 2. The zero-order valence-corrected chi connectivity index (χ0v) is 15.8. The lowest BCUT2D eigenvalue weighted by molar-refractivity contribution is -0.117. The Balaban J connectivity index is 1.40. The van der Waals surface area contributed by atoms with Crippen LogP contribution in [0.4, 0.5) is 5.69 Å². The Labute approximate surface area is 162 Å². The molecule has 0 saturated carbocycles. The fraction of sp³-hybridized carbons (Fsp3) is 0.300. The number of hydrogen-bond acceptors (Lipinski definition) is 6. The van der Waals surface area contributed by atoms with Gasteiger partial charge in [-0.1, -0.05) is 38.1 Å². The summed E-state index contributed by atoms with van der Waals surface area (Å²) in [4.78, 5) is 13.6. The van der Waals surface area contributed by atoms with Crippen LogP contribution in [-0.4, -0.2) is 39.3 Å². The fourth-order valence-electron chi connectivity index (χ4n) is 2.89. The minimum atomic E-state index is -0.254. The third kappa shape index (κ3) is 3.95. The first kappa shape index (κ1) is 18.0. The van der Waals surface area contributed by atoms with Crippen LogP contribution in [0.1, 0.15) is 25.3 Å². The van der Waals surface area contributed by atoms with Crippen molar-refractivity contribution in [1.82, 2.24) is 20.2 Å². The van der Waals surface area contributed by atoms with Gasteiger partial charge in [0, 0.05) is 17.3 Å². The number of fused-ring (bicyclic) bond motifs is 1. The van der Waals surface area contributed by atoms with Crippen LogP contribution in [0.15, 0.2) is 42.5 Å². The van der Waals surface area contributed by atoms with Crippen molar-refractivity contribution >= 4 is 11.6 Å². The van der Waals surface area contributed by atoms with Crippen molar-refractivity contribution in [2.45, 2.75) is 26.3 Å². The first-order chi connectivity index (χ1) is 13.6. The first-order valence-electron chi connectivity index (χ1n) is 9.16. The molecule has 8 nitrogen and oxygen atoms in total. The molecular formula is C20H21N5O3. The largest absolute Gasteiger partial charge is 0.486 e. The molecular weight excluding hydrogens is 358 g/mol. The van der Waals surface area contributed by atoms with E-state index in [0.717, 1.165) is 5.56 Å². The molecule has 3 aromatic rings. The molecule has 1 N–H and O–H groups in total. The van der Waals surface area contributed by atoms with Crippen LogP contribution in [0.5, 0.6) is 11.5 Å². The average Bonchev–Trinajstić information content (AvgIpc) is 3.16. The molecule has 0 saturated heterocycles. The zero-order chi connectivity index (χ0) is 19.5. The standard InChI is InChI=1S/C20H21N5O3/c1-13(2)14-3-5-15(6-4-14)20-22-24-25(23-20)12-19(26)21-16-7-8-17-18(11-16)28-10-9-27-17/h3-8,11,13H,9-10,12H2,1-2H3,(H,21,26). The van der Waals surface area contributed by atoms with Crippen molar-refractivity contribution in [1.29, 1.82) is 0 Å². The number of carbonyl (C=O) groups excluding carboxylic acids is 1. The van der Waals surface area contributed by atoms with Gasteiger partial charge in [-0.2, -0.15) is 4.80 Å². The first-order valence-corrected chi connectivity index (χ1v) is 9.16. The van der Waals surface area contributed by atoms with E-state index in [1.807, 2.05) is 12.1 Å². The van der Waals surface area contributed by atoms with Crippen molar-refractivity contribution in [2.24, 2.45) is 0 Å². The molecule has 0 radical (unpaired) electrons. The fourth-order valence-corrected chi connectivity index (χ4v) is 2.89. The third-order valence-electron chi connectivity index (χ3n) is 4.40. The van der Waals surface area contributed by atoms with Gasteiger partial charge in [-0.05, 0) is 28.8 Å². The summed E-state index contributed by atoms with van der Waals surface area (Å²) in [6.45, 7) is 5.27. The summed E-state index contributed by atoms with van der Waals surface area (Å²) in [7, 11) is 0. The topological polar surface area (TPSA) is 91.2 Å². The summed E-state index contributed by atoms with van der Waals surface area (Å²) >= 11 is 0. The lowest BCUT2D eigenvalue weighted by Crippen LogP contribution is -2.21. The van der Waals surface area contributed by atoms with Gasteiger partial charge in [0.1, 0.15) is 19.8 Å². The number of benzene rings is 2. The van der Waals surface area contributed by atoms with E-state index in [2.05, 4.69) is 46.7 Å². The van der Waals surface area contributed by atoms with E-state index in [1.54, 1.807) is 18.2 Å². The van der Waals surface area contributed by atoms with Gasteiger partial charge in [0.05, 0.1) is 0 Å². The number of amides is 1. The van der Waals surface area contributed by atoms with Crippen LogP contribution in [0.3, 0.4) is 0 Å². The highest BCUT2D eigenvalue weighted by Gasteiger charge is 2.14. The van der Waals surface area contributed by atoms with Gasteiger partial charge in [0.2, 0.25) is 11.7 Å². The van der Waals surface area contributed by atoms with Crippen LogP contribution in [0.25, 0.3) is 11.4 Å². The number of nitrogens with one attached hydrogen (secondary N) is 1. The van der Waals surface area contributed by atoms with Crippen molar-refractivity contribution in [3.63, 3.8) is 0 Å². The molecule has 1 aliphatic heterocycles. The molecule has 2 aromatic carbocycles. The Bertz CT molecular complexity index is 982. The summed E-state index contributed by atoms with van der Waals surface area (Å²) < 4.78 is 11.0. The molecule has 0 bridgehead atoms. The summed E-state index contributed by atoms with van der Waals surface area (Å²) in [6.07, 6.45) is 0. The molecule has 4 rings (SSSR count). The van der Waals surface area contributed by atoms with E-state index >= 15 is 0 Å². The van der Waals surface area contributed by atoms with Gasteiger partial charge in [-0.3, -0.25) is 4.79 Å². The second kappa shape index (κ2) is 7.67. The maximum atomic E-state index is 12.3. The molecule has 1 amide bonds. The van der Waals surface area contributed by atoms with Crippen molar-refractivity contribution < 1.29 is 14.3 Å². The highest BCUT2D eigenvalue weighted by Crippen LogP contribution is 2.32. The van der Waals surface area contributed by atoms with Gasteiger partial charge in [0.25, 0.3) is 0 Å². The lowest BCUT2D eigenvalue weighted by Gasteiger charge is -2.18. The van der Waals surface area contributed by atoms with Crippen molar-refractivity contribution in [3.8, 4) is 22.9 Å². The maximum Gasteiger partial charge on any atom is 0.248 e. The molecule has 144 valence electrons. The van der Waals surface area contributed by atoms with Crippen molar-refractivity contribution in [2.75, 3.05) is 18.5 Å². The molecule has 8 heteroatoms. The summed E-state index contributed by atoms with van der Waals surface area (Å²) in [5, 5.41) is 15.1. The smallest absolute Gasteiger partial charge is 0.248 e. The van der Waals surface area contributed by atoms with E-state index in [0.29, 0.717) is 42.1 Å². The van der Waals surface area contributed by atoms with E-state index in [4.69, 9.17) is 9.47 Å². The SMILES string of the molecule is CC(C)c1ccc(-c2nnn(CC(=O)Nc3ccc4c(c3)OCCO4)n2)cc1. The normalized spacial score (nSPS) is 12.8. The quantitative estimate of drug-likeness (QED) is 0.733. The Kier molecular flexibility index (Phi) is 4.92. The number of hydrogen-bond donors (Lipinski definition) is 1. The molecule has 1 aromatic heterocycles. The van der Waals surface area contributed by atoms with E-state index in [1.165, 1.54) is 10.4 Å². The molecule has 0 unspecified atom stereocenters. The maximum absolute atomic E-state index is 12.3. The Morgan fingerprint density at radius 1 is 1.11 bits per heavy atom. The van der Waals surface area contributed by atoms with E-state index in [-0.39, 0.29) is 12.5 Å². The highest BCUT2D eigenvalue weighted by atomic mass is 16.6. The van der Waals surface area contributed by atoms with Crippen LogP contribution in [0, 0.1) is 0 Å². The second-order valence-corrected chi connectivity index (χ2v) is 6.83. The number of carbonyl (C=O) groups is 1. The van der Waals surface area contributed by atoms with Gasteiger partial charge >= 0.3 is 0 Å². The van der Waals surface area contributed by atoms with Gasteiger partial charge in [0.15, 0.2) is 11.5 Å². The van der Waals surface area contributed by atoms with Gasteiger partial charge < -0.3 is 14.8 Å². The van der Waals surface area contributed by atoms with Crippen molar-refractivity contribution in [3.05, 3.63) is 48.0 Å². The molecule has 1 aliphatic rings. The van der Waals surface area contributed by atoms with Crippen LogP contribution in [-0.2, 0) is 11.3 Å². The average molecular weight is 379 g/mol. The number of aromatic nitrogens is 4. The lowest BCUT2D eigenvalue weighted by atomic mass is 10.0.